The molecule has 1 aliphatic heterocycles. The lowest BCUT2D eigenvalue weighted by molar-refractivity contribution is -0.139. The summed E-state index contributed by atoms with van der Waals surface area (Å²) in [5.41, 5.74) is 1.16. The predicted octanol–water partition coefficient (Wildman–Crippen LogP) is 2.22. The Bertz CT molecular complexity index is 506. The number of aliphatic hydroxyl groups excluding tert-OH is 1. The fourth-order valence-corrected chi connectivity index (χ4v) is 3.08. The zero-order valence-corrected chi connectivity index (χ0v) is 14.7. The summed E-state index contributed by atoms with van der Waals surface area (Å²) in [7, 11) is 0. The number of piperidine rings is 1. The van der Waals surface area contributed by atoms with E-state index in [1.165, 1.54) is 0 Å². The van der Waals surface area contributed by atoms with E-state index in [-0.39, 0.29) is 17.9 Å². The standard InChI is InChI=1S/C18H29N3O2/c1-13(2)21(12-15(4)22)18(23)16-7-9-20(10-8-16)17-6-5-14(3)11-19-17/h5-6,11,13,15-16,22H,7-10,12H2,1-4H3. The normalized spacial score (nSPS) is 17.4. The van der Waals surface area contributed by atoms with E-state index in [0.29, 0.717) is 6.54 Å². The van der Waals surface area contributed by atoms with Crippen LogP contribution in [0.1, 0.15) is 39.2 Å². The highest BCUT2D eigenvalue weighted by molar-refractivity contribution is 5.79. The van der Waals surface area contributed by atoms with Crippen LogP contribution in [0.2, 0.25) is 0 Å². The molecule has 1 amide bonds. The number of nitrogens with zero attached hydrogens (tertiary/aromatic N) is 3. The molecule has 0 bridgehead atoms. The van der Waals surface area contributed by atoms with Crippen molar-refractivity contribution in [3.63, 3.8) is 0 Å². The van der Waals surface area contributed by atoms with E-state index in [9.17, 15) is 9.90 Å². The molecule has 1 fully saturated rings. The minimum atomic E-state index is -0.488. The Morgan fingerprint density at radius 3 is 2.48 bits per heavy atom. The van der Waals surface area contributed by atoms with Gasteiger partial charge >= 0.3 is 0 Å². The van der Waals surface area contributed by atoms with Crippen LogP contribution in [0.15, 0.2) is 18.3 Å². The van der Waals surface area contributed by atoms with Crippen molar-refractivity contribution in [3.05, 3.63) is 23.9 Å². The van der Waals surface area contributed by atoms with Gasteiger partial charge in [-0.05, 0) is 52.2 Å². The number of aliphatic hydroxyl groups is 1. The van der Waals surface area contributed by atoms with Gasteiger partial charge in [0.05, 0.1) is 6.10 Å². The van der Waals surface area contributed by atoms with Crippen LogP contribution < -0.4 is 4.90 Å². The van der Waals surface area contributed by atoms with Gasteiger partial charge in [0.1, 0.15) is 5.82 Å². The van der Waals surface area contributed by atoms with Crippen molar-refractivity contribution in [3.8, 4) is 0 Å². The Hall–Kier alpha value is -1.62. The van der Waals surface area contributed by atoms with Gasteiger partial charge in [-0.15, -0.1) is 0 Å². The molecule has 5 nitrogen and oxygen atoms in total. The molecule has 0 aromatic carbocycles. The van der Waals surface area contributed by atoms with E-state index >= 15 is 0 Å². The maximum Gasteiger partial charge on any atom is 0.226 e. The molecular weight excluding hydrogens is 290 g/mol. The molecule has 0 saturated carbocycles. The fourth-order valence-electron chi connectivity index (χ4n) is 3.08. The summed E-state index contributed by atoms with van der Waals surface area (Å²) in [6.07, 6.45) is 3.09. The van der Waals surface area contributed by atoms with Crippen LogP contribution in [0.25, 0.3) is 0 Å². The van der Waals surface area contributed by atoms with Crippen LogP contribution >= 0.6 is 0 Å². The van der Waals surface area contributed by atoms with Crippen LogP contribution in [0.3, 0.4) is 0 Å². The Morgan fingerprint density at radius 2 is 2.00 bits per heavy atom. The lowest BCUT2D eigenvalue weighted by Crippen LogP contribution is -2.47. The second kappa shape index (κ2) is 7.77. The molecule has 1 N–H and O–H groups in total. The summed E-state index contributed by atoms with van der Waals surface area (Å²) in [6.45, 7) is 9.90. The maximum absolute atomic E-state index is 12.7. The number of amides is 1. The number of carbonyl (C=O) groups excluding carboxylic acids is 1. The molecule has 0 radical (unpaired) electrons. The molecule has 2 heterocycles. The number of anilines is 1. The average molecular weight is 319 g/mol. The molecule has 1 aliphatic rings. The summed E-state index contributed by atoms with van der Waals surface area (Å²) >= 11 is 0. The predicted molar refractivity (Wildman–Crippen MR) is 92.4 cm³/mol. The summed E-state index contributed by atoms with van der Waals surface area (Å²) in [5, 5.41) is 9.62. The molecule has 2 rings (SSSR count). The van der Waals surface area contributed by atoms with Gasteiger partial charge in [0, 0.05) is 37.8 Å². The molecule has 5 heteroatoms. The minimum absolute atomic E-state index is 0.0536. The molecule has 1 saturated heterocycles. The van der Waals surface area contributed by atoms with Gasteiger partial charge in [0.15, 0.2) is 0 Å². The van der Waals surface area contributed by atoms with Crippen molar-refractivity contribution in [2.45, 2.75) is 52.7 Å². The number of carbonyl (C=O) groups is 1. The summed E-state index contributed by atoms with van der Waals surface area (Å²) in [4.78, 5) is 21.3. The van der Waals surface area contributed by atoms with Gasteiger partial charge in [-0.25, -0.2) is 4.98 Å². The van der Waals surface area contributed by atoms with Crippen LogP contribution in [-0.2, 0) is 4.79 Å². The van der Waals surface area contributed by atoms with Crippen LogP contribution in [0.5, 0.6) is 0 Å². The van der Waals surface area contributed by atoms with Crippen LogP contribution in [0.4, 0.5) is 5.82 Å². The van der Waals surface area contributed by atoms with Gasteiger partial charge in [-0.2, -0.15) is 0 Å². The number of aromatic nitrogens is 1. The first-order chi connectivity index (χ1) is 10.9. The zero-order chi connectivity index (χ0) is 17.0. The molecule has 1 aromatic rings. The van der Waals surface area contributed by atoms with Gasteiger partial charge in [0.2, 0.25) is 5.91 Å². The number of pyridine rings is 1. The molecule has 1 atom stereocenters. The first kappa shape index (κ1) is 17.7. The SMILES string of the molecule is Cc1ccc(N2CCC(C(=O)N(CC(C)O)C(C)C)CC2)nc1. The molecule has 23 heavy (non-hydrogen) atoms. The van der Waals surface area contributed by atoms with Gasteiger partial charge in [-0.1, -0.05) is 6.07 Å². The van der Waals surface area contributed by atoms with E-state index < -0.39 is 6.10 Å². The van der Waals surface area contributed by atoms with E-state index in [1.54, 1.807) is 6.92 Å². The Labute approximate surface area is 139 Å². The summed E-state index contributed by atoms with van der Waals surface area (Å²) in [6, 6.07) is 4.24. The highest BCUT2D eigenvalue weighted by atomic mass is 16.3. The minimum Gasteiger partial charge on any atom is -0.392 e. The maximum atomic E-state index is 12.7. The molecular formula is C18H29N3O2. The molecule has 0 spiro atoms. The van der Waals surface area contributed by atoms with Crippen molar-refractivity contribution in [1.82, 2.24) is 9.88 Å². The molecule has 0 aliphatic carbocycles. The smallest absolute Gasteiger partial charge is 0.226 e. The highest BCUT2D eigenvalue weighted by Gasteiger charge is 2.30. The summed E-state index contributed by atoms with van der Waals surface area (Å²) in [5.74, 6) is 1.22. The largest absolute Gasteiger partial charge is 0.392 e. The van der Waals surface area contributed by atoms with Gasteiger partial charge in [0.25, 0.3) is 0 Å². The van der Waals surface area contributed by atoms with Crippen molar-refractivity contribution < 1.29 is 9.90 Å². The number of rotatable bonds is 5. The molecule has 1 aromatic heterocycles. The molecule has 1 unspecified atom stereocenters. The number of hydrogen-bond acceptors (Lipinski definition) is 4. The average Bonchev–Trinajstić information content (AvgIpc) is 2.52. The lowest BCUT2D eigenvalue weighted by Gasteiger charge is -2.36. The zero-order valence-electron chi connectivity index (χ0n) is 14.7. The fraction of sp³-hybridized carbons (Fsp3) is 0.667. The first-order valence-corrected chi connectivity index (χ1v) is 8.54. The lowest BCUT2D eigenvalue weighted by atomic mass is 9.94. The van der Waals surface area contributed by atoms with Crippen molar-refractivity contribution in [2.24, 2.45) is 5.92 Å². The topological polar surface area (TPSA) is 56.7 Å². The Morgan fingerprint density at radius 1 is 1.35 bits per heavy atom. The Kier molecular flexibility index (Phi) is 5.99. The third-order valence-electron chi connectivity index (χ3n) is 4.43. The van der Waals surface area contributed by atoms with E-state index in [4.69, 9.17) is 0 Å². The summed E-state index contributed by atoms with van der Waals surface area (Å²) < 4.78 is 0. The third kappa shape index (κ3) is 4.67. The van der Waals surface area contributed by atoms with Crippen molar-refractivity contribution in [1.29, 1.82) is 0 Å². The number of hydrogen-bond donors (Lipinski definition) is 1. The van der Waals surface area contributed by atoms with E-state index in [1.807, 2.05) is 37.9 Å². The first-order valence-electron chi connectivity index (χ1n) is 8.54. The monoisotopic (exact) mass is 319 g/mol. The Balaban J connectivity index is 1.94. The second-order valence-electron chi connectivity index (χ2n) is 6.89. The van der Waals surface area contributed by atoms with Gasteiger partial charge in [-0.3, -0.25) is 4.79 Å². The van der Waals surface area contributed by atoms with Crippen LogP contribution in [-0.4, -0.2) is 52.7 Å². The van der Waals surface area contributed by atoms with E-state index in [2.05, 4.69) is 16.0 Å². The molecule has 128 valence electrons. The third-order valence-corrected chi connectivity index (χ3v) is 4.43. The van der Waals surface area contributed by atoms with Crippen molar-refractivity contribution in [2.75, 3.05) is 24.5 Å². The van der Waals surface area contributed by atoms with Crippen LogP contribution in [0, 0.1) is 12.8 Å². The van der Waals surface area contributed by atoms with Crippen molar-refractivity contribution >= 4 is 11.7 Å². The number of aryl methyl sites for hydroxylation is 1. The second-order valence-corrected chi connectivity index (χ2v) is 6.89. The van der Waals surface area contributed by atoms with Gasteiger partial charge < -0.3 is 14.9 Å². The van der Waals surface area contributed by atoms with E-state index in [0.717, 1.165) is 37.3 Å². The quantitative estimate of drug-likeness (QED) is 0.904. The highest BCUT2D eigenvalue weighted by Crippen LogP contribution is 2.24.